The van der Waals surface area contributed by atoms with E-state index in [2.05, 4.69) is 5.32 Å². The second-order valence-corrected chi connectivity index (χ2v) is 5.70. The zero-order valence-electron chi connectivity index (χ0n) is 6.29. The summed E-state index contributed by atoms with van der Waals surface area (Å²) in [6.07, 6.45) is 3.16. The maximum atomic E-state index is 11.5. The Kier molecular flexibility index (Phi) is 1.67. The van der Waals surface area contributed by atoms with Crippen LogP contribution in [0.4, 0.5) is 0 Å². The van der Waals surface area contributed by atoms with E-state index in [9.17, 15) is 9.46 Å². The van der Waals surface area contributed by atoms with E-state index in [1.54, 1.807) is 0 Å². The van der Waals surface area contributed by atoms with Crippen LogP contribution in [0.25, 0.3) is 0 Å². The number of rotatable bonds is 0. The Morgan fingerprint density at radius 2 is 2.55 bits per heavy atom. The lowest BCUT2D eigenvalue weighted by atomic mass is 10.1. The average molecular weight is 173 g/mol. The van der Waals surface area contributed by atoms with Crippen LogP contribution in [0.15, 0.2) is 11.6 Å². The second-order valence-electron chi connectivity index (χ2n) is 3.20. The molecule has 2 aliphatic rings. The topological polar surface area (TPSA) is 49.3 Å². The highest BCUT2D eigenvalue weighted by Gasteiger charge is 2.38. The number of hydrogen-bond acceptors (Lipinski definition) is 2. The molecule has 1 fully saturated rings. The molecular formula is C7H12NO2P. The van der Waals surface area contributed by atoms with Gasteiger partial charge in [-0.1, -0.05) is 6.08 Å². The third-order valence-electron chi connectivity index (χ3n) is 2.45. The van der Waals surface area contributed by atoms with E-state index < -0.39 is 7.37 Å². The van der Waals surface area contributed by atoms with Crippen molar-refractivity contribution in [3.8, 4) is 0 Å². The maximum absolute atomic E-state index is 11.5. The molecule has 3 nitrogen and oxygen atoms in total. The summed E-state index contributed by atoms with van der Waals surface area (Å²) in [4.78, 5) is 9.47. The van der Waals surface area contributed by atoms with Crippen LogP contribution in [0.1, 0.15) is 6.42 Å². The molecule has 0 spiro atoms. The van der Waals surface area contributed by atoms with E-state index >= 15 is 0 Å². The van der Waals surface area contributed by atoms with Gasteiger partial charge >= 0.3 is 0 Å². The van der Waals surface area contributed by atoms with E-state index in [-0.39, 0.29) is 5.66 Å². The fraction of sp³-hybridized carbons (Fsp3) is 0.714. The van der Waals surface area contributed by atoms with Crippen LogP contribution in [0.2, 0.25) is 0 Å². The molecule has 0 aromatic heterocycles. The van der Waals surface area contributed by atoms with Crippen molar-refractivity contribution in [2.24, 2.45) is 0 Å². The Hall–Kier alpha value is -0.110. The molecule has 0 aliphatic carbocycles. The highest BCUT2D eigenvalue weighted by molar-refractivity contribution is 7.59. The van der Waals surface area contributed by atoms with Crippen molar-refractivity contribution in [3.63, 3.8) is 0 Å². The van der Waals surface area contributed by atoms with Crippen LogP contribution >= 0.6 is 7.37 Å². The van der Waals surface area contributed by atoms with Crippen molar-refractivity contribution in [1.82, 2.24) is 5.32 Å². The molecule has 1 saturated heterocycles. The molecular weight excluding hydrogens is 161 g/mol. The smallest absolute Gasteiger partial charge is 0.211 e. The van der Waals surface area contributed by atoms with Gasteiger partial charge in [0.05, 0.1) is 5.66 Å². The third-order valence-corrected chi connectivity index (χ3v) is 4.72. The first kappa shape index (κ1) is 7.53. The lowest BCUT2D eigenvalue weighted by molar-refractivity contribution is 0.463. The van der Waals surface area contributed by atoms with Gasteiger partial charge in [0, 0.05) is 12.7 Å². The van der Waals surface area contributed by atoms with Crippen molar-refractivity contribution in [1.29, 1.82) is 0 Å². The number of hydrogen-bond donors (Lipinski definition) is 2. The van der Waals surface area contributed by atoms with Crippen LogP contribution < -0.4 is 5.32 Å². The minimum absolute atomic E-state index is 0.0104. The summed E-state index contributed by atoms with van der Waals surface area (Å²) in [5.41, 5.74) is 1.14. The summed E-state index contributed by atoms with van der Waals surface area (Å²) >= 11 is 0. The lowest BCUT2D eigenvalue weighted by Gasteiger charge is -2.24. The molecule has 62 valence electrons. The third kappa shape index (κ3) is 1.18. The normalized spacial score (nSPS) is 43.4. The Morgan fingerprint density at radius 1 is 1.73 bits per heavy atom. The van der Waals surface area contributed by atoms with Gasteiger partial charge in [0.1, 0.15) is 0 Å². The summed E-state index contributed by atoms with van der Waals surface area (Å²) in [6.45, 7) is 1.70. The summed E-state index contributed by atoms with van der Waals surface area (Å²) < 4.78 is 11.5. The molecule has 2 rings (SSSR count). The van der Waals surface area contributed by atoms with Gasteiger partial charge in [-0.15, -0.1) is 0 Å². The van der Waals surface area contributed by atoms with Crippen molar-refractivity contribution >= 4 is 7.37 Å². The first-order valence-corrected chi connectivity index (χ1v) is 5.83. The highest BCUT2D eigenvalue weighted by atomic mass is 31.2. The lowest BCUT2D eigenvalue weighted by Crippen LogP contribution is -2.31. The molecule has 2 heterocycles. The minimum atomic E-state index is -2.81. The van der Waals surface area contributed by atoms with Gasteiger partial charge in [-0.05, 0) is 18.5 Å². The molecule has 1 unspecified atom stereocenters. The van der Waals surface area contributed by atoms with Crippen molar-refractivity contribution < 1.29 is 9.46 Å². The van der Waals surface area contributed by atoms with Crippen molar-refractivity contribution in [3.05, 3.63) is 11.6 Å². The van der Waals surface area contributed by atoms with Gasteiger partial charge < -0.3 is 10.2 Å². The van der Waals surface area contributed by atoms with Crippen LogP contribution in [-0.4, -0.2) is 29.8 Å². The van der Waals surface area contributed by atoms with E-state index in [0.29, 0.717) is 6.16 Å². The van der Waals surface area contributed by atoms with E-state index in [1.807, 2.05) is 6.08 Å². The fourth-order valence-corrected chi connectivity index (χ4v) is 3.82. The van der Waals surface area contributed by atoms with Crippen LogP contribution in [0, 0.1) is 0 Å². The molecule has 0 saturated carbocycles. The fourth-order valence-electron chi connectivity index (χ4n) is 1.82. The number of piperidine rings is 1. The second kappa shape index (κ2) is 2.44. The summed E-state index contributed by atoms with van der Waals surface area (Å²) in [7, 11) is -2.81. The van der Waals surface area contributed by atoms with E-state index in [1.165, 1.54) is 0 Å². The Balaban J connectivity index is 2.25. The van der Waals surface area contributed by atoms with Gasteiger partial charge in [0.2, 0.25) is 7.37 Å². The van der Waals surface area contributed by atoms with E-state index in [4.69, 9.17) is 0 Å². The zero-order chi connectivity index (χ0) is 7.90. The first-order valence-electron chi connectivity index (χ1n) is 3.91. The Morgan fingerprint density at radius 3 is 3.27 bits per heavy atom. The molecule has 0 aromatic rings. The zero-order valence-corrected chi connectivity index (χ0v) is 7.18. The van der Waals surface area contributed by atoms with Crippen LogP contribution in [0.5, 0.6) is 0 Å². The molecule has 2 N–H and O–H groups in total. The highest BCUT2D eigenvalue weighted by Crippen LogP contribution is 2.55. The first-order chi connectivity index (χ1) is 5.20. The summed E-state index contributed by atoms with van der Waals surface area (Å²) in [5.74, 6) is 0. The quantitative estimate of drug-likeness (QED) is 0.415. The van der Waals surface area contributed by atoms with Gasteiger partial charge in [-0.25, -0.2) is 0 Å². The molecule has 4 heteroatoms. The summed E-state index contributed by atoms with van der Waals surface area (Å²) in [5, 5.41) is 3.19. The SMILES string of the molecule is O=P1(O)CC=C2CNCC[C@H]21. The van der Waals surface area contributed by atoms with Crippen LogP contribution in [0.3, 0.4) is 0 Å². The predicted molar refractivity (Wildman–Crippen MR) is 44.1 cm³/mol. The van der Waals surface area contributed by atoms with Crippen LogP contribution in [-0.2, 0) is 4.57 Å². The molecule has 0 radical (unpaired) electrons. The predicted octanol–water partition coefficient (Wildman–Crippen LogP) is 0.559. The van der Waals surface area contributed by atoms with Crippen molar-refractivity contribution in [2.75, 3.05) is 19.3 Å². The maximum Gasteiger partial charge on any atom is 0.211 e. The molecule has 11 heavy (non-hydrogen) atoms. The van der Waals surface area contributed by atoms with Gasteiger partial charge in [0.25, 0.3) is 0 Å². The number of nitrogens with one attached hydrogen (secondary N) is 1. The Labute approximate surface area is 65.9 Å². The molecule has 0 bridgehead atoms. The van der Waals surface area contributed by atoms with Crippen molar-refractivity contribution in [2.45, 2.75) is 12.1 Å². The van der Waals surface area contributed by atoms with Gasteiger partial charge in [-0.2, -0.15) is 0 Å². The average Bonchev–Trinajstić information content (AvgIpc) is 2.29. The minimum Gasteiger partial charge on any atom is -0.344 e. The molecule has 2 atom stereocenters. The number of fused-ring (bicyclic) bond motifs is 1. The molecule has 2 aliphatic heterocycles. The van der Waals surface area contributed by atoms with Gasteiger partial charge in [0.15, 0.2) is 0 Å². The van der Waals surface area contributed by atoms with Gasteiger partial charge in [-0.3, -0.25) is 4.57 Å². The molecule has 0 aromatic carbocycles. The largest absolute Gasteiger partial charge is 0.344 e. The molecule has 0 amide bonds. The van der Waals surface area contributed by atoms with E-state index in [0.717, 1.165) is 25.1 Å². The Bertz CT molecular complexity index is 249. The standard InChI is InChI=1S/C7H12NO2P/c9-11(10)4-2-6-5-8-3-1-7(6)11/h2,7-8H,1,3-5H2,(H,9,10)/t7-/m1/s1. The summed E-state index contributed by atoms with van der Waals surface area (Å²) in [6, 6.07) is 0. The monoisotopic (exact) mass is 173 g/mol. The number of allylic oxidation sites excluding steroid dienone is 1.